The Labute approximate surface area is 104 Å². The molecular weight excluding hydrogens is 236 g/mol. The van der Waals surface area contributed by atoms with E-state index in [4.69, 9.17) is 15.2 Å². The maximum absolute atomic E-state index is 5.71. The lowest BCUT2D eigenvalue weighted by Crippen LogP contribution is -1.90. The summed E-state index contributed by atoms with van der Waals surface area (Å²) in [4.78, 5) is 5.23. The number of methoxy groups -OCH3 is 2. The van der Waals surface area contributed by atoms with E-state index in [1.807, 2.05) is 25.1 Å². The molecule has 4 nitrogen and oxygen atoms in total. The molecule has 0 aliphatic carbocycles. The minimum Gasteiger partial charge on any atom is -0.497 e. The second kappa shape index (κ2) is 4.63. The highest BCUT2D eigenvalue weighted by Crippen LogP contribution is 2.39. The van der Waals surface area contributed by atoms with Crippen LogP contribution in [0.25, 0.3) is 10.4 Å². The van der Waals surface area contributed by atoms with Gasteiger partial charge in [0.2, 0.25) is 0 Å². The Morgan fingerprint density at radius 1 is 1.24 bits per heavy atom. The molecule has 0 amide bonds. The number of nitrogen functional groups attached to an aromatic ring is 1. The number of nitrogens with two attached hydrogens (primary N) is 1. The van der Waals surface area contributed by atoms with Gasteiger partial charge in [0.05, 0.1) is 24.8 Å². The van der Waals surface area contributed by atoms with Crippen molar-refractivity contribution in [1.82, 2.24) is 4.98 Å². The van der Waals surface area contributed by atoms with E-state index >= 15 is 0 Å². The Morgan fingerprint density at radius 3 is 2.53 bits per heavy atom. The highest BCUT2D eigenvalue weighted by atomic mass is 32.1. The minimum atomic E-state index is 0.558. The van der Waals surface area contributed by atoms with Gasteiger partial charge in [0.15, 0.2) is 5.13 Å². The van der Waals surface area contributed by atoms with Gasteiger partial charge in [0.25, 0.3) is 0 Å². The highest BCUT2D eigenvalue weighted by molar-refractivity contribution is 7.18. The molecule has 0 saturated carbocycles. The fraction of sp³-hybridized carbons (Fsp3) is 0.250. The molecule has 2 N–H and O–H groups in total. The molecule has 2 rings (SSSR count). The van der Waals surface area contributed by atoms with Gasteiger partial charge in [0.1, 0.15) is 11.5 Å². The molecule has 5 heteroatoms. The molecule has 0 aliphatic heterocycles. The van der Waals surface area contributed by atoms with Gasteiger partial charge in [-0.05, 0) is 25.1 Å². The van der Waals surface area contributed by atoms with Crippen molar-refractivity contribution in [3.05, 3.63) is 23.9 Å². The van der Waals surface area contributed by atoms with E-state index in [1.165, 1.54) is 11.3 Å². The number of hydrogen-bond donors (Lipinski definition) is 1. The van der Waals surface area contributed by atoms with Crippen LogP contribution in [0.2, 0.25) is 0 Å². The molecule has 0 bridgehead atoms. The van der Waals surface area contributed by atoms with E-state index in [2.05, 4.69) is 4.98 Å². The van der Waals surface area contributed by atoms with Gasteiger partial charge in [-0.25, -0.2) is 4.98 Å². The zero-order valence-corrected chi connectivity index (χ0v) is 10.8. The molecule has 1 aromatic heterocycles. The van der Waals surface area contributed by atoms with Crippen molar-refractivity contribution in [2.75, 3.05) is 20.0 Å². The summed E-state index contributed by atoms with van der Waals surface area (Å²) in [6.45, 7) is 1.93. The summed E-state index contributed by atoms with van der Waals surface area (Å²) in [5.41, 5.74) is 7.57. The van der Waals surface area contributed by atoms with Crippen LogP contribution in [0.3, 0.4) is 0 Å². The van der Waals surface area contributed by atoms with Crippen LogP contribution in [0.1, 0.15) is 5.69 Å². The quantitative estimate of drug-likeness (QED) is 0.910. The molecule has 0 atom stereocenters. The normalized spacial score (nSPS) is 10.3. The molecule has 0 saturated heterocycles. The van der Waals surface area contributed by atoms with Crippen LogP contribution in [0.15, 0.2) is 18.2 Å². The molecule has 90 valence electrons. The maximum Gasteiger partial charge on any atom is 0.180 e. The van der Waals surface area contributed by atoms with Crippen molar-refractivity contribution in [1.29, 1.82) is 0 Å². The first-order valence-electron chi connectivity index (χ1n) is 5.11. The van der Waals surface area contributed by atoms with Gasteiger partial charge in [-0.15, -0.1) is 0 Å². The standard InChI is InChI=1S/C12H14N2O2S/c1-7-11(17-12(13)14-7)9-6-8(15-2)4-5-10(9)16-3/h4-6H,1-3H3,(H2,13,14). The lowest BCUT2D eigenvalue weighted by atomic mass is 10.1. The van der Waals surface area contributed by atoms with Crippen LogP contribution in [0.4, 0.5) is 5.13 Å². The van der Waals surface area contributed by atoms with Crippen molar-refractivity contribution in [3.8, 4) is 21.9 Å². The molecule has 0 radical (unpaired) electrons. The van der Waals surface area contributed by atoms with Crippen molar-refractivity contribution < 1.29 is 9.47 Å². The summed E-state index contributed by atoms with van der Waals surface area (Å²) in [5.74, 6) is 1.57. The zero-order valence-electron chi connectivity index (χ0n) is 9.98. The van der Waals surface area contributed by atoms with E-state index in [9.17, 15) is 0 Å². The third kappa shape index (κ3) is 2.19. The van der Waals surface area contributed by atoms with Crippen molar-refractivity contribution in [2.24, 2.45) is 0 Å². The Kier molecular flexibility index (Phi) is 3.19. The lowest BCUT2D eigenvalue weighted by Gasteiger charge is -2.09. The predicted octanol–water partition coefficient (Wildman–Crippen LogP) is 2.72. The highest BCUT2D eigenvalue weighted by Gasteiger charge is 2.13. The first-order chi connectivity index (χ1) is 8.15. The van der Waals surface area contributed by atoms with Crippen LogP contribution in [-0.2, 0) is 0 Å². The van der Waals surface area contributed by atoms with Crippen LogP contribution in [0.5, 0.6) is 11.5 Å². The Balaban J connectivity index is 2.59. The molecule has 2 aromatic rings. The van der Waals surface area contributed by atoms with Crippen LogP contribution in [0, 0.1) is 6.92 Å². The second-order valence-corrected chi connectivity index (χ2v) is 4.56. The van der Waals surface area contributed by atoms with Gasteiger partial charge in [-0.1, -0.05) is 11.3 Å². The Bertz CT molecular complexity index is 537. The molecule has 0 aliphatic rings. The van der Waals surface area contributed by atoms with Gasteiger partial charge in [-0.2, -0.15) is 0 Å². The Hall–Kier alpha value is -1.75. The fourth-order valence-corrected chi connectivity index (χ4v) is 2.51. The number of anilines is 1. The van der Waals surface area contributed by atoms with Crippen molar-refractivity contribution >= 4 is 16.5 Å². The van der Waals surface area contributed by atoms with Gasteiger partial charge in [0, 0.05) is 5.56 Å². The minimum absolute atomic E-state index is 0.558. The van der Waals surface area contributed by atoms with Crippen LogP contribution < -0.4 is 15.2 Å². The van der Waals surface area contributed by atoms with E-state index < -0.39 is 0 Å². The van der Waals surface area contributed by atoms with Crippen LogP contribution >= 0.6 is 11.3 Å². The van der Waals surface area contributed by atoms with E-state index in [1.54, 1.807) is 14.2 Å². The molecule has 1 aromatic carbocycles. The summed E-state index contributed by atoms with van der Waals surface area (Å²) >= 11 is 1.45. The largest absolute Gasteiger partial charge is 0.497 e. The third-order valence-electron chi connectivity index (χ3n) is 2.46. The van der Waals surface area contributed by atoms with Crippen LogP contribution in [-0.4, -0.2) is 19.2 Å². The molecule has 17 heavy (non-hydrogen) atoms. The van der Waals surface area contributed by atoms with Gasteiger partial charge in [-0.3, -0.25) is 0 Å². The molecule has 0 fully saturated rings. The molecule has 0 unspecified atom stereocenters. The number of benzene rings is 1. The predicted molar refractivity (Wildman–Crippen MR) is 69.8 cm³/mol. The van der Waals surface area contributed by atoms with E-state index in [0.29, 0.717) is 5.13 Å². The number of aryl methyl sites for hydroxylation is 1. The number of hydrogen-bond acceptors (Lipinski definition) is 5. The van der Waals surface area contributed by atoms with Crippen molar-refractivity contribution in [2.45, 2.75) is 6.92 Å². The lowest BCUT2D eigenvalue weighted by molar-refractivity contribution is 0.404. The first kappa shape index (κ1) is 11.7. The summed E-state index contributed by atoms with van der Waals surface area (Å²) in [5, 5.41) is 0.558. The van der Waals surface area contributed by atoms with E-state index in [0.717, 1.165) is 27.6 Å². The Morgan fingerprint density at radius 2 is 2.00 bits per heavy atom. The average molecular weight is 250 g/mol. The maximum atomic E-state index is 5.71. The van der Waals surface area contributed by atoms with Gasteiger partial charge < -0.3 is 15.2 Å². The monoisotopic (exact) mass is 250 g/mol. The fourth-order valence-electron chi connectivity index (χ4n) is 1.66. The molecule has 1 heterocycles. The summed E-state index contributed by atoms with van der Waals surface area (Å²) < 4.78 is 10.6. The zero-order chi connectivity index (χ0) is 12.4. The number of rotatable bonds is 3. The van der Waals surface area contributed by atoms with E-state index in [-0.39, 0.29) is 0 Å². The van der Waals surface area contributed by atoms with Gasteiger partial charge >= 0.3 is 0 Å². The second-order valence-electron chi connectivity index (χ2n) is 3.53. The number of nitrogens with zero attached hydrogens (tertiary/aromatic N) is 1. The SMILES string of the molecule is COc1ccc(OC)c(-c2sc(N)nc2C)c1. The van der Waals surface area contributed by atoms with Crippen molar-refractivity contribution in [3.63, 3.8) is 0 Å². The number of aromatic nitrogens is 1. The first-order valence-corrected chi connectivity index (χ1v) is 5.92. The topological polar surface area (TPSA) is 57.4 Å². The number of thiazole rings is 1. The third-order valence-corrected chi connectivity index (χ3v) is 3.48. The summed E-state index contributed by atoms with van der Waals surface area (Å²) in [6, 6.07) is 5.67. The molecular formula is C12H14N2O2S. The molecule has 0 spiro atoms. The summed E-state index contributed by atoms with van der Waals surface area (Å²) in [6.07, 6.45) is 0. The number of ether oxygens (including phenoxy) is 2. The average Bonchev–Trinajstić information content (AvgIpc) is 2.67. The summed E-state index contributed by atoms with van der Waals surface area (Å²) in [7, 11) is 3.28. The smallest absolute Gasteiger partial charge is 0.180 e.